The van der Waals surface area contributed by atoms with Crippen LogP contribution < -0.4 is 4.74 Å². The number of carboxylic acids is 1. The maximum atomic E-state index is 11.9. The van der Waals surface area contributed by atoms with E-state index in [-0.39, 0.29) is 11.3 Å². The second-order valence-electron chi connectivity index (χ2n) is 8.71. The van der Waals surface area contributed by atoms with Gasteiger partial charge in [-0.25, -0.2) is 4.79 Å². The first-order chi connectivity index (χ1) is 13.2. The van der Waals surface area contributed by atoms with E-state index in [2.05, 4.69) is 36.9 Å². The third kappa shape index (κ3) is 4.17. The van der Waals surface area contributed by atoms with Gasteiger partial charge >= 0.3 is 5.97 Å². The van der Waals surface area contributed by atoms with Gasteiger partial charge in [-0.2, -0.15) is 0 Å². The lowest BCUT2D eigenvalue weighted by molar-refractivity contribution is -0.147. The van der Waals surface area contributed by atoms with Crippen molar-refractivity contribution in [1.82, 2.24) is 9.80 Å². The van der Waals surface area contributed by atoms with Crippen LogP contribution in [0.3, 0.4) is 0 Å². The zero-order chi connectivity index (χ0) is 20.5. The molecule has 154 valence electrons. The molecule has 2 fully saturated rings. The van der Waals surface area contributed by atoms with Crippen molar-refractivity contribution in [3.8, 4) is 5.75 Å². The van der Waals surface area contributed by atoms with Crippen molar-refractivity contribution in [3.05, 3.63) is 29.3 Å². The van der Waals surface area contributed by atoms with E-state index in [1.165, 1.54) is 18.1 Å². The number of carbonyl (C=O) groups is 2. The molecule has 0 aromatic heterocycles. The Hall–Kier alpha value is -2.08. The molecule has 28 heavy (non-hydrogen) atoms. The molecule has 3 rings (SSSR count). The Morgan fingerprint density at radius 3 is 2.46 bits per heavy atom. The van der Waals surface area contributed by atoms with Gasteiger partial charge in [0.05, 0.1) is 7.11 Å². The van der Waals surface area contributed by atoms with Crippen molar-refractivity contribution in [2.75, 3.05) is 26.7 Å². The molecule has 2 aliphatic heterocycles. The summed E-state index contributed by atoms with van der Waals surface area (Å²) in [6, 6.07) is 5.74. The molecule has 6 nitrogen and oxygen atoms in total. The fourth-order valence-electron chi connectivity index (χ4n) is 4.68. The summed E-state index contributed by atoms with van der Waals surface area (Å²) in [5.41, 5.74) is 2.45. The number of nitrogens with zero attached hydrogens (tertiary/aromatic N) is 2. The normalized spacial score (nSPS) is 22.0. The van der Waals surface area contributed by atoms with Crippen LogP contribution in [0, 0.1) is 5.41 Å². The fraction of sp³-hybridized carbons (Fsp3) is 0.636. The fourth-order valence-corrected chi connectivity index (χ4v) is 4.68. The Labute approximate surface area is 167 Å². The van der Waals surface area contributed by atoms with Crippen LogP contribution in [0.2, 0.25) is 0 Å². The zero-order valence-corrected chi connectivity index (χ0v) is 17.4. The maximum absolute atomic E-state index is 11.9. The molecule has 6 heteroatoms. The topological polar surface area (TPSA) is 70.1 Å². The number of aliphatic carboxylic acids is 1. The van der Waals surface area contributed by atoms with Crippen molar-refractivity contribution in [2.45, 2.75) is 58.5 Å². The van der Waals surface area contributed by atoms with E-state index in [4.69, 9.17) is 4.74 Å². The average molecular weight is 389 g/mol. The number of hydrogen-bond donors (Lipinski definition) is 1. The Kier molecular flexibility index (Phi) is 5.98. The molecule has 0 saturated carbocycles. The van der Waals surface area contributed by atoms with Crippen LogP contribution >= 0.6 is 0 Å². The Bertz CT molecular complexity index is 714. The van der Waals surface area contributed by atoms with Gasteiger partial charge in [0.15, 0.2) is 0 Å². The van der Waals surface area contributed by atoms with E-state index < -0.39 is 12.0 Å². The number of likely N-dealkylation sites (tertiary alicyclic amines) is 2. The van der Waals surface area contributed by atoms with Crippen LogP contribution in [0.4, 0.5) is 0 Å². The molecule has 0 unspecified atom stereocenters. The number of hydrogen-bond acceptors (Lipinski definition) is 4. The van der Waals surface area contributed by atoms with E-state index in [1.54, 1.807) is 12.0 Å². The largest absolute Gasteiger partial charge is 0.496 e. The molecule has 1 aromatic carbocycles. The van der Waals surface area contributed by atoms with E-state index in [1.807, 2.05) is 0 Å². The molecule has 1 amide bonds. The van der Waals surface area contributed by atoms with Crippen molar-refractivity contribution in [2.24, 2.45) is 5.41 Å². The van der Waals surface area contributed by atoms with E-state index in [0.29, 0.717) is 18.9 Å². The summed E-state index contributed by atoms with van der Waals surface area (Å²) in [5, 5.41) is 9.50. The van der Waals surface area contributed by atoms with Crippen LogP contribution in [0.15, 0.2) is 18.2 Å². The summed E-state index contributed by atoms with van der Waals surface area (Å²) in [7, 11) is 1.71. The minimum Gasteiger partial charge on any atom is -0.496 e. The molecular formula is C22H32N2O4. The summed E-state index contributed by atoms with van der Waals surface area (Å²) in [6.07, 6.45) is 2.42. The highest BCUT2D eigenvalue weighted by atomic mass is 16.5. The molecule has 1 spiro atoms. The lowest BCUT2D eigenvalue weighted by Crippen LogP contribution is -2.42. The number of piperidine rings is 1. The predicted octanol–water partition coefficient (Wildman–Crippen LogP) is 3.11. The number of carboxylic acid groups (broad SMARTS) is 1. The maximum Gasteiger partial charge on any atom is 0.326 e. The van der Waals surface area contributed by atoms with Crippen LogP contribution in [0.25, 0.3) is 0 Å². The van der Waals surface area contributed by atoms with Crippen LogP contribution in [0.5, 0.6) is 5.75 Å². The first-order valence-corrected chi connectivity index (χ1v) is 10.1. The number of ether oxygens (including phenoxy) is 1. The van der Waals surface area contributed by atoms with Gasteiger partial charge in [0.25, 0.3) is 0 Å². The Morgan fingerprint density at radius 1 is 1.29 bits per heavy atom. The standard InChI is InChI=1S/C22H32N2O4/c1-15(2)17-5-6-20(28-4)18(11-17)13-23-9-7-22(8-10-23)12-19(21(26)27)24(14-22)16(3)25/h5-6,11,15,19H,7-10,12-14H2,1-4H3,(H,26,27)/t19-/m1/s1. The molecule has 2 aliphatic rings. The molecule has 1 aromatic rings. The number of rotatable bonds is 5. The monoisotopic (exact) mass is 388 g/mol. The quantitative estimate of drug-likeness (QED) is 0.839. The van der Waals surface area contributed by atoms with Crippen molar-refractivity contribution >= 4 is 11.9 Å². The van der Waals surface area contributed by atoms with Gasteiger partial charge in [-0.05, 0) is 55.3 Å². The third-order valence-corrected chi connectivity index (χ3v) is 6.48. The second-order valence-corrected chi connectivity index (χ2v) is 8.71. The number of benzene rings is 1. The van der Waals surface area contributed by atoms with Gasteiger partial charge in [0.2, 0.25) is 5.91 Å². The van der Waals surface area contributed by atoms with Crippen LogP contribution in [-0.4, -0.2) is 59.6 Å². The lowest BCUT2D eigenvalue weighted by atomic mass is 9.76. The van der Waals surface area contributed by atoms with Gasteiger partial charge in [0, 0.05) is 25.6 Å². The SMILES string of the molecule is COc1ccc(C(C)C)cc1CN1CCC2(CC1)C[C@H](C(=O)O)N(C(C)=O)C2. The van der Waals surface area contributed by atoms with Crippen LogP contribution in [0.1, 0.15) is 57.1 Å². The molecule has 1 N–H and O–H groups in total. The number of carbonyl (C=O) groups excluding carboxylic acids is 1. The first kappa shape index (κ1) is 20.6. The number of amides is 1. The molecule has 2 saturated heterocycles. The van der Waals surface area contributed by atoms with Crippen LogP contribution in [-0.2, 0) is 16.1 Å². The minimum absolute atomic E-state index is 0.0604. The summed E-state index contributed by atoms with van der Waals surface area (Å²) in [5.74, 6) is 0.365. The highest BCUT2D eigenvalue weighted by molar-refractivity contribution is 5.83. The van der Waals surface area contributed by atoms with E-state index in [9.17, 15) is 14.7 Å². The van der Waals surface area contributed by atoms with Crippen molar-refractivity contribution in [3.63, 3.8) is 0 Å². The van der Waals surface area contributed by atoms with E-state index in [0.717, 1.165) is 38.2 Å². The second kappa shape index (κ2) is 8.11. The Balaban J connectivity index is 1.67. The number of methoxy groups -OCH3 is 1. The Morgan fingerprint density at radius 2 is 1.96 bits per heavy atom. The first-order valence-electron chi connectivity index (χ1n) is 10.1. The highest BCUT2D eigenvalue weighted by Crippen LogP contribution is 2.44. The summed E-state index contributed by atoms with van der Waals surface area (Å²) in [6.45, 7) is 9.07. The summed E-state index contributed by atoms with van der Waals surface area (Å²) < 4.78 is 5.56. The van der Waals surface area contributed by atoms with Gasteiger partial charge in [-0.1, -0.05) is 26.0 Å². The lowest BCUT2D eigenvalue weighted by Gasteiger charge is -2.39. The van der Waals surface area contributed by atoms with E-state index >= 15 is 0 Å². The predicted molar refractivity (Wildman–Crippen MR) is 107 cm³/mol. The molecule has 2 heterocycles. The zero-order valence-electron chi connectivity index (χ0n) is 17.4. The molecule has 0 aliphatic carbocycles. The van der Waals surface area contributed by atoms with Crippen molar-refractivity contribution < 1.29 is 19.4 Å². The summed E-state index contributed by atoms with van der Waals surface area (Å²) in [4.78, 5) is 27.4. The van der Waals surface area contributed by atoms with Gasteiger partial charge < -0.3 is 14.7 Å². The molecule has 1 atom stereocenters. The van der Waals surface area contributed by atoms with Gasteiger partial charge in [-0.3, -0.25) is 9.69 Å². The van der Waals surface area contributed by atoms with Crippen molar-refractivity contribution in [1.29, 1.82) is 0 Å². The van der Waals surface area contributed by atoms with Gasteiger partial charge in [0.1, 0.15) is 11.8 Å². The smallest absolute Gasteiger partial charge is 0.326 e. The minimum atomic E-state index is -0.884. The summed E-state index contributed by atoms with van der Waals surface area (Å²) >= 11 is 0. The average Bonchev–Trinajstić information content (AvgIpc) is 3.04. The molecule has 0 radical (unpaired) electrons. The highest BCUT2D eigenvalue weighted by Gasteiger charge is 2.49. The molecule has 0 bridgehead atoms. The molecular weight excluding hydrogens is 356 g/mol. The third-order valence-electron chi connectivity index (χ3n) is 6.48. The van der Waals surface area contributed by atoms with Gasteiger partial charge in [-0.15, -0.1) is 0 Å².